The lowest BCUT2D eigenvalue weighted by atomic mass is 9.92. The molecule has 2 amide bonds. The number of rotatable bonds is 3. The minimum absolute atomic E-state index is 0.129. The van der Waals surface area contributed by atoms with Gasteiger partial charge in [-0.05, 0) is 43.9 Å². The number of aryl methyl sites for hydroxylation is 1. The number of benzene rings is 1. The van der Waals surface area contributed by atoms with E-state index in [0.717, 1.165) is 37.9 Å². The van der Waals surface area contributed by atoms with Gasteiger partial charge in [0, 0.05) is 19.5 Å². The predicted octanol–water partition coefficient (Wildman–Crippen LogP) is 2.79. The van der Waals surface area contributed by atoms with Crippen LogP contribution in [0.1, 0.15) is 42.7 Å². The number of hydrogen-bond donors (Lipinski definition) is 3. The zero-order valence-electron chi connectivity index (χ0n) is 16.0. The number of carbonyl (C=O) groups is 2. The maximum absolute atomic E-state index is 12.9. The summed E-state index contributed by atoms with van der Waals surface area (Å²) in [6.45, 7) is 3.49. The van der Waals surface area contributed by atoms with E-state index in [2.05, 4.69) is 20.6 Å². The van der Waals surface area contributed by atoms with Crippen LogP contribution in [0.25, 0.3) is 0 Å². The molecule has 29 heavy (non-hydrogen) atoms. The van der Waals surface area contributed by atoms with E-state index < -0.39 is 17.4 Å². The van der Waals surface area contributed by atoms with Gasteiger partial charge in [0.1, 0.15) is 5.82 Å². The minimum atomic E-state index is -0.942. The van der Waals surface area contributed by atoms with E-state index in [1.807, 2.05) is 17.9 Å². The SMILES string of the molecule is Cc1ccc(NC(=O)[C@H]2CC(=O)Nc3nc(N4CCCCC4)[nH]c(=O)c32)c(Cl)c1. The van der Waals surface area contributed by atoms with Gasteiger partial charge in [-0.25, -0.2) is 0 Å². The highest BCUT2D eigenvalue weighted by Gasteiger charge is 2.35. The summed E-state index contributed by atoms with van der Waals surface area (Å²) in [5.41, 5.74) is 1.15. The first-order valence-electron chi connectivity index (χ1n) is 9.68. The number of nitrogens with zero attached hydrogens (tertiary/aromatic N) is 2. The van der Waals surface area contributed by atoms with Crippen LogP contribution in [0, 0.1) is 6.92 Å². The van der Waals surface area contributed by atoms with Gasteiger partial charge in [0.2, 0.25) is 17.8 Å². The summed E-state index contributed by atoms with van der Waals surface area (Å²) < 4.78 is 0. The summed E-state index contributed by atoms with van der Waals surface area (Å²) in [6, 6.07) is 5.25. The van der Waals surface area contributed by atoms with Gasteiger partial charge in [-0.15, -0.1) is 0 Å². The van der Waals surface area contributed by atoms with E-state index >= 15 is 0 Å². The van der Waals surface area contributed by atoms with Crippen LogP contribution in [-0.2, 0) is 9.59 Å². The highest BCUT2D eigenvalue weighted by atomic mass is 35.5. The van der Waals surface area contributed by atoms with Crippen LogP contribution >= 0.6 is 11.6 Å². The molecule has 2 aliphatic heterocycles. The van der Waals surface area contributed by atoms with Crippen LogP contribution in [-0.4, -0.2) is 34.9 Å². The van der Waals surface area contributed by atoms with Gasteiger partial charge in [-0.3, -0.25) is 19.4 Å². The number of fused-ring (bicyclic) bond motifs is 1. The van der Waals surface area contributed by atoms with Crippen molar-refractivity contribution in [1.82, 2.24) is 9.97 Å². The fourth-order valence-corrected chi connectivity index (χ4v) is 4.06. The van der Waals surface area contributed by atoms with Crippen molar-refractivity contribution in [2.45, 2.75) is 38.5 Å². The molecule has 152 valence electrons. The first-order valence-corrected chi connectivity index (χ1v) is 10.1. The zero-order chi connectivity index (χ0) is 20.5. The largest absolute Gasteiger partial charge is 0.342 e. The Morgan fingerprint density at radius 1 is 1.24 bits per heavy atom. The summed E-state index contributed by atoms with van der Waals surface area (Å²) in [5.74, 6) is -1.18. The molecule has 0 saturated carbocycles. The topological polar surface area (TPSA) is 107 Å². The third-order valence-electron chi connectivity index (χ3n) is 5.29. The number of hydrogen-bond acceptors (Lipinski definition) is 5. The highest BCUT2D eigenvalue weighted by molar-refractivity contribution is 6.33. The molecule has 8 nitrogen and oxygen atoms in total. The quantitative estimate of drug-likeness (QED) is 0.714. The molecule has 1 saturated heterocycles. The molecular formula is C20H22ClN5O3. The molecule has 0 aliphatic carbocycles. The van der Waals surface area contributed by atoms with Gasteiger partial charge in [0.25, 0.3) is 5.56 Å². The van der Waals surface area contributed by atoms with Gasteiger partial charge in [0.15, 0.2) is 0 Å². The van der Waals surface area contributed by atoms with Crippen molar-refractivity contribution in [3.05, 3.63) is 44.7 Å². The molecule has 1 aromatic carbocycles. The molecular weight excluding hydrogens is 394 g/mol. The van der Waals surface area contributed by atoms with E-state index in [9.17, 15) is 14.4 Å². The maximum atomic E-state index is 12.9. The number of aromatic amines is 1. The summed E-state index contributed by atoms with van der Waals surface area (Å²) >= 11 is 6.20. The molecule has 2 aromatic rings. The van der Waals surface area contributed by atoms with Crippen LogP contribution in [0.4, 0.5) is 17.5 Å². The van der Waals surface area contributed by atoms with Crippen LogP contribution in [0.5, 0.6) is 0 Å². The van der Waals surface area contributed by atoms with Gasteiger partial charge in [-0.2, -0.15) is 4.98 Å². The summed E-state index contributed by atoms with van der Waals surface area (Å²) in [4.78, 5) is 47.2. The Balaban J connectivity index is 1.65. The predicted molar refractivity (Wildman–Crippen MR) is 112 cm³/mol. The number of amides is 2. The van der Waals surface area contributed by atoms with Crippen molar-refractivity contribution >= 4 is 40.9 Å². The molecule has 0 radical (unpaired) electrons. The molecule has 3 N–H and O–H groups in total. The molecule has 0 bridgehead atoms. The Labute approximate surface area is 172 Å². The van der Waals surface area contributed by atoms with Gasteiger partial charge in [0.05, 0.1) is 22.2 Å². The lowest BCUT2D eigenvalue weighted by Gasteiger charge is -2.29. The van der Waals surface area contributed by atoms with Crippen LogP contribution in [0.2, 0.25) is 5.02 Å². The lowest BCUT2D eigenvalue weighted by Crippen LogP contribution is -2.38. The number of halogens is 1. The van der Waals surface area contributed by atoms with E-state index in [4.69, 9.17) is 11.6 Å². The Kier molecular flexibility index (Phi) is 5.27. The standard InChI is InChI=1S/C20H22ClN5O3/c1-11-5-6-14(13(21)9-11)22-18(28)12-10-15(27)23-17-16(12)19(29)25-20(24-17)26-7-3-2-4-8-26/h5-6,9,12H,2-4,7-8,10H2,1H3,(H,22,28)(H2,23,24,25,27,29)/t12-/m0/s1. The fourth-order valence-electron chi connectivity index (χ4n) is 3.78. The van der Waals surface area contributed by atoms with Gasteiger partial charge < -0.3 is 15.5 Å². The normalized spacial score (nSPS) is 18.8. The number of aromatic nitrogens is 2. The van der Waals surface area contributed by atoms with Crippen molar-refractivity contribution < 1.29 is 9.59 Å². The van der Waals surface area contributed by atoms with E-state index in [0.29, 0.717) is 16.7 Å². The van der Waals surface area contributed by atoms with Crippen molar-refractivity contribution in [2.24, 2.45) is 0 Å². The third-order valence-corrected chi connectivity index (χ3v) is 5.61. The van der Waals surface area contributed by atoms with Crippen molar-refractivity contribution in [2.75, 3.05) is 28.6 Å². The number of piperidine rings is 1. The average Bonchev–Trinajstić information content (AvgIpc) is 2.69. The molecule has 2 aliphatic rings. The molecule has 1 atom stereocenters. The molecule has 0 spiro atoms. The van der Waals surface area contributed by atoms with Crippen LogP contribution in [0.15, 0.2) is 23.0 Å². The third kappa shape index (κ3) is 3.98. The van der Waals surface area contributed by atoms with E-state index in [1.165, 1.54) is 0 Å². The highest BCUT2D eigenvalue weighted by Crippen LogP contribution is 2.32. The second kappa shape index (κ2) is 7.87. The first-order chi connectivity index (χ1) is 13.9. The number of nitrogens with one attached hydrogen (secondary N) is 3. The smallest absolute Gasteiger partial charge is 0.258 e. The monoisotopic (exact) mass is 415 g/mol. The zero-order valence-corrected chi connectivity index (χ0v) is 16.8. The summed E-state index contributed by atoms with van der Waals surface area (Å²) in [7, 11) is 0. The number of carbonyl (C=O) groups excluding carboxylic acids is 2. The Bertz CT molecular complexity index is 1030. The molecule has 1 aromatic heterocycles. The fraction of sp³-hybridized carbons (Fsp3) is 0.400. The molecule has 0 unspecified atom stereocenters. The van der Waals surface area contributed by atoms with Crippen molar-refractivity contribution in [3.8, 4) is 0 Å². The first kappa shape index (κ1) is 19.4. The van der Waals surface area contributed by atoms with Crippen LogP contribution < -0.4 is 21.1 Å². The van der Waals surface area contributed by atoms with Gasteiger partial charge in [-0.1, -0.05) is 17.7 Å². The Morgan fingerprint density at radius 2 is 2.00 bits per heavy atom. The molecule has 9 heteroatoms. The van der Waals surface area contributed by atoms with Crippen molar-refractivity contribution in [3.63, 3.8) is 0 Å². The molecule has 3 heterocycles. The average molecular weight is 416 g/mol. The maximum Gasteiger partial charge on any atom is 0.258 e. The lowest BCUT2D eigenvalue weighted by molar-refractivity contribution is -0.123. The molecule has 1 fully saturated rings. The summed E-state index contributed by atoms with van der Waals surface area (Å²) in [6.07, 6.45) is 3.06. The number of H-pyrrole nitrogens is 1. The van der Waals surface area contributed by atoms with E-state index in [-0.39, 0.29) is 23.7 Å². The second-order valence-corrected chi connectivity index (χ2v) is 7.88. The molecule has 4 rings (SSSR count). The second-order valence-electron chi connectivity index (χ2n) is 7.48. The van der Waals surface area contributed by atoms with Crippen LogP contribution in [0.3, 0.4) is 0 Å². The van der Waals surface area contributed by atoms with Gasteiger partial charge >= 0.3 is 0 Å². The Hall–Kier alpha value is -2.87. The summed E-state index contributed by atoms with van der Waals surface area (Å²) in [5, 5.41) is 5.77. The van der Waals surface area contributed by atoms with Crippen molar-refractivity contribution in [1.29, 1.82) is 0 Å². The minimum Gasteiger partial charge on any atom is -0.342 e. The number of anilines is 3. The van der Waals surface area contributed by atoms with E-state index in [1.54, 1.807) is 12.1 Å². The Morgan fingerprint density at radius 3 is 2.72 bits per heavy atom.